The van der Waals surface area contributed by atoms with Crippen molar-refractivity contribution in [3.63, 3.8) is 0 Å². The molecule has 8 rings (SSSR count). The lowest BCUT2D eigenvalue weighted by molar-refractivity contribution is 0.0514. The number of carbonyl (C=O) groups is 2. The molecule has 0 fully saturated rings. The van der Waals surface area contributed by atoms with Crippen molar-refractivity contribution in [3.05, 3.63) is 188 Å². The summed E-state index contributed by atoms with van der Waals surface area (Å²) in [5.41, 5.74) is 2.44. The van der Waals surface area contributed by atoms with Gasteiger partial charge in [-0.15, -0.1) is 0 Å². The second kappa shape index (κ2) is 23.6. The van der Waals surface area contributed by atoms with E-state index in [1.54, 1.807) is 104 Å². The van der Waals surface area contributed by atoms with Gasteiger partial charge in [-0.25, -0.2) is 38.3 Å². The van der Waals surface area contributed by atoms with Crippen LogP contribution in [0.5, 0.6) is 11.5 Å². The predicted octanol–water partition coefficient (Wildman–Crippen LogP) is 8.07. The minimum atomic E-state index is -0.723. The molecule has 0 atom stereocenters. The van der Waals surface area contributed by atoms with Crippen LogP contribution in [-0.4, -0.2) is 64.4 Å². The predicted molar refractivity (Wildman–Crippen MR) is 248 cm³/mol. The summed E-state index contributed by atoms with van der Waals surface area (Å²) in [6.07, 6.45) is 8.70. The lowest BCUT2D eigenvalue weighted by Crippen LogP contribution is -2.20. The van der Waals surface area contributed by atoms with E-state index in [0.717, 1.165) is 5.56 Å². The third kappa shape index (κ3) is 12.7. The first kappa shape index (κ1) is 51.4. The van der Waals surface area contributed by atoms with Gasteiger partial charge in [0.05, 0.1) is 55.6 Å². The zero-order valence-corrected chi connectivity index (χ0v) is 36.3. The molecule has 0 aliphatic rings. The number of halogens is 2. The molecule has 67 heavy (non-hydrogen) atoms. The van der Waals surface area contributed by atoms with Crippen molar-refractivity contribution in [2.24, 2.45) is 0 Å². The summed E-state index contributed by atoms with van der Waals surface area (Å²) in [5, 5.41) is 18.6. The van der Waals surface area contributed by atoms with Gasteiger partial charge in [-0.2, -0.15) is 0 Å². The van der Waals surface area contributed by atoms with E-state index in [1.807, 2.05) is 6.07 Å². The van der Waals surface area contributed by atoms with Gasteiger partial charge in [0.2, 0.25) is 10.9 Å². The summed E-state index contributed by atoms with van der Waals surface area (Å²) in [6, 6.07) is 21.6. The minimum Gasteiger partial charge on any atom is -0.505 e. The normalized spacial score (nSPS) is 10.3. The highest BCUT2D eigenvalue weighted by molar-refractivity contribution is 5.95. The fourth-order valence-corrected chi connectivity index (χ4v) is 6.29. The molecule has 16 nitrogen and oxygen atoms in total. The molecule has 8 aromatic rings. The lowest BCUT2D eigenvalue weighted by Gasteiger charge is -2.14. The molecule has 4 heterocycles. The van der Waals surface area contributed by atoms with Crippen LogP contribution in [0.15, 0.2) is 132 Å². The second-order valence-electron chi connectivity index (χ2n) is 14.0. The van der Waals surface area contributed by atoms with Gasteiger partial charge in [0.15, 0.2) is 11.5 Å². The van der Waals surface area contributed by atoms with E-state index >= 15 is 0 Å². The maximum atomic E-state index is 13.4. The van der Waals surface area contributed by atoms with Gasteiger partial charge in [-0.05, 0) is 112 Å². The Morgan fingerprint density at radius 3 is 1.43 bits per heavy atom. The number of rotatable bonds is 10. The average molecular weight is 918 g/mol. The molecule has 0 unspecified atom stereocenters. The van der Waals surface area contributed by atoms with Crippen molar-refractivity contribution >= 4 is 33.7 Å². The Morgan fingerprint density at radius 2 is 1.03 bits per heavy atom. The van der Waals surface area contributed by atoms with Crippen LogP contribution in [0.3, 0.4) is 0 Å². The molecule has 0 saturated carbocycles. The number of ether oxygens (including phenoxy) is 3. The molecular weight excluding hydrogens is 869 g/mol. The van der Waals surface area contributed by atoms with E-state index in [0.29, 0.717) is 50.8 Å². The van der Waals surface area contributed by atoms with E-state index in [1.165, 1.54) is 49.1 Å². The third-order valence-electron chi connectivity index (χ3n) is 9.45. The van der Waals surface area contributed by atoms with Crippen molar-refractivity contribution in [1.82, 2.24) is 35.2 Å². The quantitative estimate of drug-likeness (QED) is 0.110. The Kier molecular flexibility index (Phi) is 18.1. The molecule has 0 saturated heterocycles. The number of aliphatic hydroxyl groups excluding tert-OH is 1. The molecule has 18 heteroatoms. The van der Waals surface area contributed by atoms with Crippen molar-refractivity contribution in [2.75, 3.05) is 13.2 Å². The second-order valence-corrected chi connectivity index (χ2v) is 14.0. The largest absolute Gasteiger partial charge is 0.505 e. The molecule has 5 N–H and O–H groups in total. The van der Waals surface area contributed by atoms with E-state index in [4.69, 9.17) is 19.3 Å². The third-order valence-corrected chi connectivity index (χ3v) is 9.45. The number of carbonyl (C=O) groups excluding carboxylic acids is 2. The van der Waals surface area contributed by atoms with Gasteiger partial charge in [0.25, 0.3) is 0 Å². The van der Waals surface area contributed by atoms with Gasteiger partial charge >= 0.3 is 11.9 Å². The van der Waals surface area contributed by atoms with Crippen LogP contribution in [0.2, 0.25) is 0 Å². The van der Waals surface area contributed by atoms with Crippen LogP contribution >= 0.6 is 0 Å². The lowest BCUT2D eigenvalue weighted by atomic mass is 10.1. The Labute approximate surface area is 383 Å². The first-order valence-electron chi connectivity index (χ1n) is 20.0. The van der Waals surface area contributed by atoms with E-state index in [9.17, 15) is 33.1 Å². The number of aromatic hydroxyl groups is 1. The van der Waals surface area contributed by atoms with Gasteiger partial charge < -0.3 is 39.7 Å². The van der Waals surface area contributed by atoms with Gasteiger partial charge in [0.1, 0.15) is 41.0 Å². The maximum absolute atomic E-state index is 13.4. The number of hydrogen-bond donors (Lipinski definition) is 3. The Morgan fingerprint density at radius 1 is 0.627 bits per heavy atom. The Hall–Kier alpha value is -8.22. The standard InChI is InChI=1S/C24H20FN3O4.C19H16FNO4.C5H6N2O.CH4.H3N/c1-3-31-24(30)21-13-28(18-7-5-17(25)6-8-18)22-9-4-16(10-20(22)23(21)29)14-32-19-11-26-15(2)27-12-19;1-2-25-19(24)16-10-21(14-6-4-13(20)5-7-14)17-8-3-12(11-22)9-15(17)18(16)23;1-4-6-2-5(8)3-7-4;;/h4-13H,3,14H2,1-2H3;3-10,22H,2,11H2,1H3;2-3,8H,1H3;1H4;1H3. The summed E-state index contributed by atoms with van der Waals surface area (Å²) >= 11 is 0. The highest BCUT2D eigenvalue weighted by Crippen LogP contribution is 2.23. The van der Waals surface area contributed by atoms with Crippen LogP contribution in [0, 0.1) is 25.5 Å². The van der Waals surface area contributed by atoms with Crippen molar-refractivity contribution in [2.45, 2.75) is 48.3 Å². The SMILES string of the molecule is C.CCOC(=O)c1cn(-c2ccc(F)cc2)c2ccc(CO)cc2c1=O.CCOC(=O)c1cn(-c2ccc(F)cc2)c2ccc(COc3cnc(C)nc3)cc2c1=O.Cc1ncc(O)cn1.N. The van der Waals surface area contributed by atoms with Crippen LogP contribution in [0.1, 0.15) is 64.8 Å². The summed E-state index contributed by atoms with van der Waals surface area (Å²) in [5.74, 6) is -0.297. The highest BCUT2D eigenvalue weighted by atomic mass is 19.1. The van der Waals surface area contributed by atoms with E-state index in [2.05, 4.69) is 19.9 Å². The molecule has 4 aromatic heterocycles. The molecule has 0 aliphatic heterocycles. The monoisotopic (exact) mass is 917 g/mol. The molecule has 0 aliphatic carbocycles. The molecule has 0 amide bonds. The number of aromatic nitrogens is 6. The zero-order valence-electron chi connectivity index (χ0n) is 36.3. The minimum absolute atomic E-state index is 0. The van der Waals surface area contributed by atoms with Crippen LogP contribution in [0.4, 0.5) is 8.78 Å². The van der Waals surface area contributed by atoms with Gasteiger partial charge in [0, 0.05) is 34.5 Å². The van der Waals surface area contributed by atoms with Gasteiger partial charge in [-0.1, -0.05) is 19.6 Å². The molecular formula is C49H49F2N7O9. The molecule has 0 radical (unpaired) electrons. The first-order valence-corrected chi connectivity index (χ1v) is 20.0. The fraction of sp³-hybridized carbons (Fsp3) is 0.184. The molecule has 0 spiro atoms. The van der Waals surface area contributed by atoms with E-state index < -0.39 is 22.8 Å². The van der Waals surface area contributed by atoms with Crippen molar-refractivity contribution in [1.29, 1.82) is 0 Å². The smallest absolute Gasteiger partial charge is 0.343 e. The van der Waals surface area contributed by atoms with Crippen LogP contribution < -0.4 is 21.7 Å². The zero-order chi connectivity index (χ0) is 46.6. The number of hydrogen-bond acceptors (Lipinski definition) is 14. The summed E-state index contributed by atoms with van der Waals surface area (Å²) < 4.78 is 45.7. The molecule has 0 bridgehead atoms. The number of pyridine rings is 2. The molecule has 4 aromatic carbocycles. The summed E-state index contributed by atoms with van der Waals surface area (Å²) in [4.78, 5) is 66.0. The molecule has 348 valence electrons. The number of nitrogens with zero attached hydrogens (tertiary/aromatic N) is 6. The maximum Gasteiger partial charge on any atom is 0.343 e. The Bertz CT molecular complexity index is 3050. The average Bonchev–Trinajstić information content (AvgIpc) is 3.31. The van der Waals surface area contributed by atoms with Crippen LogP contribution in [0.25, 0.3) is 33.2 Å². The topological polar surface area (TPSA) is 233 Å². The summed E-state index contributed by atoms with van der Waals surface area (Å²) in [6.45, 7) is 7.10. The first-order chi connectivity index (χ1) is 31.3. The number of aliphatic hydroxyl groups is 1. The van der Waals surface area contributed by atoms with Crippen molar-refractivity contribution < 1.29 is 42.8 Å². The van der Waals surface area contributed by atoms with E-state index in [-0.39, 0.29) is 73.9 Å². The number of benzene rings is 4. The number of aryl methyl sites for hydroxylation is 2. The Balaban J connectivity index is 0.000000249. The number of fused-ring (bicyclic) bond motifs is 2. The summed E-state index contributed by atoms with van der Waals surface area (Å²) in [7, 11) is 0. The van der Waals surface area contributed by atoms with Gasteiger partial charge in [-0.3, -0.25) is 9.59 Å². The highest BCUT2D eigenvalue weighted by Gasteiger charge is 2.19. The number of esters is 2. The van der Waals surface area contributed by atoms with Crippen LogP contribution in [-0.2, 0) is 22.7 Å². The fourth-order valence-electron chi connectivity index (χ4n) is 6.29. The van der Waals surface area contributed by atoms with Crippen molar-refractivity contribution in [3.8, 4) is 22.9 Å².